The van der Waals surface area contributed by atoms with Crippen LogP contribution in [-0.4, -0.2) is 16.0 Å². The van der Waals surface area contributed by atoms with E-state index in [2.05, 4.69) is 15.5 Å². The predicted octanol–water partition coefficient (Wildman–Crippen LogP) is 2.14. The third-order valence-corrected chi connectivity index (χ3v) is 2.06. The van der Waals surface area contributed by atoms with E-state index >= 15 is 0 Å². The average Bonchev–Trinajstić information content (AvgIpc) is 2.38. The molecule has 2 aromatic rings. The molecule has 0 saturated carbocycles. The Morgan fingerprint density at radius 2 is 1.75 bits per heavy atom. The number of nitrogens with zero attached hydrogens (tertiary/aromatic N) is 2. The van der Waals surface area contributed by atoms with Gasteiger partial charge in [-0.3, -0.25) is 15.7 Å². The number of benzene rings is 1. The first-order valence-electron chi connectivity index (χ1n) is 4.84. The fraction of sp³-hybridized carbons (Fsp3) is 0. The van der Waals surface area contributed by atoms with Crippen LogP contribution in [-0.2, 0) is 0 Å². The minimum absolute atomic E-state index is 0.409. The van der Waals surface area contributed by atoms with Crippen LogP contribution in [0.2, 0.25) is 0 Å². The molecule has 0 aliphatic carbocycles. The van der Waals surface area contributed by atoms with E-state index in [0.717, 1.165) is 11.3 Å². The van der Waals surface area contributed by atoms with Crippen LogP contribution in [0.4, 0.5) is 5.69 Å². The minimum Gasteiger partial charge on any atom is -0.290 e. The molecule has 0 fully saturated rings. The molecule has 0 unspecified atom stereocenters. The lowest BCUT2D eigenvalue weighted by atomic mass is 10.2. The Kier molecular flexibility index (Phi) is 3.25. The molecule has 1 heterocycles. The van der Waals surface area contributed by atoms with Crippen molar-refractivity contribution in [1.29, 1.82) is 0 Å². The first-order valence-corrected chi connectivity index (χ1v) is 4.84. The van der Waals surface area contributed by atoms with Gasteiger partial charge in [0.1, 0.15) is 0 Å². The molecule has 2 N–H and O–H groups in total. The van der Waals surface area contributed by atoms with Crippen molar-refractivity contribution in [2.45, 2.75) is 0 Å². The summed E-state index contributed by atoms with van der Waals surface area (Å²) in [6, 6.07) is 12.9. The van der Waals surface area contributed by atoms with Gasteiger partial charge in [0.05, 0.1) is 5.69 Å². The summed E-state index contributed by atoms with van der Waals surface area (Å²) in [6.45, 7) is 0. The summed E-state index contributed by atoms with van der Waals surface area (Å²) in [4.78, 5) is 8.16. The van der Waals surface area contributed by atoms with Crippen LogP contribution in [0.25, 0.3) is 0 Å². The molecule has 4 nitrogen and oxygen atoms in total. The lowest BCUT2D eigenvalue weighted by Crippen LogP contribution is -2.19. The zero-order valence-electron chi connectivity index (χ0n) is 8.54. The van der Waals surface area contributed by atoms with E-state index in [-0.39, 0.29) is 0 Å². The van der Waals surface area contributed by atoms with Crippen molar-refractivity contribution in [3.05, 3.63) is 60.4 Å². The van der Waals surface area contributed by atoms with Crippen LogP contribution >= 0.6 is 0 Å². The quantitative estimate of drug-likeness (QED) is 0.456. The van der Waals surface area contributed by atoms with Gasteiger partial charge >= 0.3 is 0 Å². The maximum absolute atomic E-state index is 9.04. The van der Waals surface area contributed by atoms with E-state index in [9.17, 15) is 0 Å². The van der Waals surface area contributed by atoms with Crippen LogP contribution in [0.1, 0.15) is 5.56 Å². The first-order chi connectivity index (χ1) is 7.90. The summed E-state index contributed by atoms with van der Waals surface area (Å²) in [6.07, 6.45) is 3.30. The highest BCUT2D eigenvalue weighted by molar-refractivity contribution is 5.99. The number of aromatic nitrogens is 1. The van der Waals surface area contributed by atoms with Crippen LogP contribution < -0.4 is 5.48 Å². The number of hydrogen-bond donors (Lipinski definition) is 2. The number of aliphatic imine (C=N–C) groups is 1. The van der Waals surface area contributed by atoms with Crippen LogP contribution in [0.15, 0.2) is 59.9 Å². The molecule has 0 saturated heterocycles. The van der Waals surface area contributed by atoms with Gasteiger partial charge in [-0.1, -0.05) is 30.3 Å². The first kappa shape index (κ1) is 10.3. The number of nitrogens with one attached hydrogen (secondary N) is 1. The highest BCUT2D eigenvalue weighted by Gasteiger charge is 2.00. The third kappa shape index (κ3) is 2.43. The monoisotopic (exact) mass is 213 g/mol. The molecular weight excluding hydrogens is 202 g/mol. The van der Waals surface area contributed by atoms with Gasteiger partial charge in [-0.25, -0.2) is 4.99 Å². The summed E-state index contributed by atoms with van der Waals surface area (Å²) in [5.41, 5.74) is 3.65. The predicted molar refractivity (Wildman–Crippen MR) is 61.8 cm³/mol. The molecule has 1 aromatic carbocycles. The van der Waals surface area contributed by atoms with Gasteiger partial charge in [-0.05, 0) is 12.1 Å². The van der Waals surface area contributed by atoms with Crippen molar-refractivity contribution in [2.24, 2.45) is 4.99 Å². The van der Waals surface area contributed by atoms with Crippen molar-refractivity contribution < 1.29 is 5.21 Å². The standard InChI is InChI=1S/C12H11N3O/c16-15-12(10-4-2-1-3-5-10)14-11-6-8-13-9-7-11/h1-9,16H,(H,13,14,15). The smallest absolute Gasteiger partial charge is 0.157 e. The second-order valence-corrected chi connectivity index (χ2v) is 3.14. The van der Waals surface area contributed by atoms with Gasteiger partial charge in [-0.15, -0.1) is 0 Å². The molecule has 0 amide bonds. The van der Waals surface area contributed by atoms with E-state index in [1.54, 1.807) is 24.5 Å². The molecular formula is C12H11N3O. The lowest BCUT2D eigenvalue weighted by molar-refractivity contribution is 0.235. The summed E-state index contributed by atoms with van der Waals surface area (Å²) in [7, 11) is 0. The van der Waals surface area contributed by atoms with Crippen molar-refractivity contribution in [3.8, 4) is 0 Å². The van der Waals surface area contributed by atoms with Gasteiger partial charge in [0.15, 0.2) is 5.84 Å². The summed E-state index contributed by atoms with van der Waals surface area (Å²) >= 11 is 0. The fourth-order valence-corrected chi connectivity index (χ4v) is 1.30. The Bertz CT molecular complexity index is 468. The summed E-state index contributed by atoms with van der Waals surface area (Å²) in [5.74, 6) is 0.409. The van der Waals surface area contributed by atoms with Crippen LogP contribution in [0, 0.1) is 0 Å². The molecule has 4 heteroatoms. The number of rotatable bonds is 2. The number of amidine groups is 1. The van der Waals surface area contributed by atoms with Crippen molar-refractivity contribution in [3.63, 3.8) is 0 Å². The Morgan fingerprint density at radius 1 is 1.06 bits per heavy atom. The Balaban J connectivity index is 2.34. The molecule has 0 radical (unpaired) electrons. The molecule has 1 aromatic heterocycles. The zero-order chi connectivity index (χ0) is 11.2. The Morgan fingerprint density at radius 3 is 2.38 bits per heavy atom. The van der Waals surface area contributed by atoms with Gasteiger partial charge in [0.2, 0.25) is 0 Å². The van der Waals surface area contributed by atoms with E-state index in [0.29, 0.717) is 5.84 Å². The third-order valence-electron chi connectivity index (χ3n) is 2.06. The number of pyridine rings is 1. The Labute approximate surface area is 93.3 Å². The maximum atomic E-state index is 9.04. The van der Waals surface area contributed by atoms with Crippen LogP contribution in [0.3, 0.4) is 0 Å². The average molecular weight is 213 g/mol. The molecule has 0 atom stereocenters. The molecule has 80 valence electrons. The normalized spacial score (nSPS) is 11.2. The second-order valence-electron chi connectivity index (χ2n) is 3.14. The van der Waals surface area contributed by atoms with Gasteiger partial charge in [0, 0.05) is 18.0 Å². The topological polar surface area (TPSA) is 57.5 Å². The molecule has 16 heavy (non-hydrogen) atoms. The van der Waals surface area contributed by atoms with Crippen molar-refractivity contribution >= 4 is 11.5 Å². The summed E-state index contributed by atoms with van der Waals surface area (Å²) in [5, 5.41) is 9.04. The largest absolute Gasteiger partial charge is 0.290 e. The Hall–Kier alpha value is -2.20. The molecule has 2 rings (SSSR count). The lowest BCUT2D eigenvalue weighted by Gasteiger charge is -2.04. The minimum atomic E-state index is 0.409. The zero-order valence-corrected chi connectivity index (χ0v) is 8.54. The molecule has 0 spiro atoms. The van der Waals surface area contributed by atoms with E-state index in [4.69, 9.17) is 5.21 Å². The maximum Gasteiger partial charge on any atom is 0.157 e. The molecule has 0 bridgehead atoms. The molecule has 0 aliphatic rings. The SMILES string of the molecule is ONC(=Nc1ccncc1)c1ccccc1. The molecule has 0 aliphatic heterocycles. The fourth-order valence-electron chi connectivity index (χ4n) is 1.30. The second kappa shape index (κ2) is 5.04. The van der Waals surface area contributed by atoms with E-state index in [1.807, 2.05) is 30.3 Å². The summed E-state index contributed by atoms with van der Waals surface area (Å²) < 4.78 is 0. The highest BCUT2D eigenvalue weighted by atomic mass is 16.5. The highest BCUT2D eigenvalue weighted by Crippen LogP contribution is 2.10. The van der Waals surface area contributed by atoms with Gasteiger partial charge < -0.3 is 0 Å². The number of hydroxylamine groups is 1. The van der Waals surface area contributed by atoms with Crippen LogP contribution in [0.5, 0.6) is 0 Å². The van der Waals surface area contributed by atoms with Crippen molar-refractivity contribution in [2.75, 3.05) is 0 Å². The van der Waals surface area contributed by atoms with E-state index < -0.39 is 0 Å². The van der Waals surface area contributed by atoms with Gasteiger partial charge in [0.25, 0.3) is 0 Å². The van der Waals surface area contributed by atoms with Crippen molar-refractivity contribution in [1.82, 2.24) is 10.5 Å². The van der Waals surface area contributed by atoms with Gasteiger partial charge in [-0.2, -0.15) is 0 Å². The van der Waals surface area contributed by atoms with E-state index in [1.165, 1.54) is 0 Å². The number of hydrogen-bond acceptors (Lipinski definition) is 3.